The maximum Gasteiger partial charge on any atom is 0.276 e. The second-order valence-electron chi connectivity index (χ2n) is 6.78. The van der Waals surface area contributed by atoms with Crippen molar-refractivity contribution < 1.29 is 18.2 Å². The van der Waals surface area contributed by atoms with Gasteiger partial charge in [0, 0.05) is 25.6 Å². The molecule has 1 amide bonds. The summed E-state index contributed by atoms with van der Waals surface area (Å²) in [6.07, 6.45) is 2.39. The van der Waals surface area contributed by atoms with Crippen molar-refractivity contribution in [2.24, 2.45) is 5.92 Å². The van der Waals surface area contributed by atoms with E-state index in [0.29, 0.717) is 42.4 Å². The van der Waals surface area contributed by atoms with E-state index >= 15 is 0 Å². The summed E-state index contributed by atoms with van der Waals surface area (Å²) in [6, 6.07) is 7.96. The summed E-state index contributed by atoms with van der Waals surface area (Å²) in [5.41, 5.74) is 0.641. The van der Waals surface area contributed by atoms with Gasteiger partial charge in [0.25, 0.3) is 5.91 Å². The zero-order valence-electron chi connectivity index (χ0n) is 14.9. The van der Waals surface area contributed by atoms with Crippen LogP contribution in [0.2, 0.25) is 0 Å². The fourth-order valence-electron chi connectivity index (χ4n) is 3.38. The zero-order valence-corrected chi connectivity index (χ0v) is 14.9. The third-order valence-electron chi connectivity index (χ3n) is 4.70. The van der Waals surface area contributed by atoms with E-state index in [1.54, 1.807) is 36.1 Å². The number of likely N-dealkylation sites (tertiary alicyclic amines) is 1. The summed E-state index contributed by atoms with van der Waals surface area (Å²) in [5, 5.41) is 7.69. The SMILES string of the molecule is Cc1cc(C(=O)N2CCCC(Cc3nc(-c4ccccc4F)no3)C2)no1. The first-order chi connectivity index (χ1) is 13.1. The molecule has 0 N–H and O–H groups in total. The molecule has 1 aromatic carbocycles. The van der Waals surface area contributed by atoms with Gasteiger partial charge in [-0.2, -0.15) is 4.98 Å². The van der Waals surface area contributed by atoms with E-state index in [0.717, 1.165) is 12.8 Å². The minimum absolute atomic E-state index is 0.130. The minimum atomic E-state index is -0.387. The molecule has 8 heteroatoms. The Kier molecular flexibility index (Phi) is 4.70. The largest absolute Gasteiger partial charge is 0.361 e. The van der Waals surface area contributed by atoms with Gasteiger partial charge in [0.1, 0.15) is 11.6 Å². The van der Waals surface area contributed by atoms with Crippen LogP contribution < -0.4 is 0 Å². The number of carbonyl (C=O) groups excluding carboxylic acids is 1. The summed E-state index contributed by atoms with van der Waals surface area (Å²) in [7, 11) is 0. The molecule has 140 valence electrons. The molecule has 1 aliphatic heterocycles. The highest BCUT2D eigenvalue weighted by Gasteiger charge is 2.27. The van der Waals surface area contributed by atoms with Gasteiger partial charge in [-0.1, -0.05) is 22.4 Å². The van der Waals surface area contributed by atoms with Crippen molar-refractivity contribution in [1.82, 2.24) is 20.2 Å². The van der Waals surface area contributed by atoms with E-state index < -0.39 is 0 Å². The van der Waals surface area contributed by atoms with Crippen molar-refractivity contribution in [3.05, 3.63) is 53.5 Å². The molecule has 1 fully saturated rings. The third-order valence-corrected chi connectivity index (χ3v) is 4.70. The van der Waals surface area contributed by atoms with Gasteiger partial charge < -0.3 is 13.9 Å². The molecule has 7 nitrogen and oxygen atoms in total. The number of hydrogen-bond acceptors (Lipinski definition) is 6. The summed E-state index contributed by atoms with van der Waals surface area (Å²) >= 11 is 0. The molecule has 3 heterocycles. The smallest absolute Gasteiger partial charge is 0.276 e. The van der Waals surface area contributed by atoms with Crippen LogP contribution in [0.15, 0.2) is 39.4 Å². The number of hydrogen-bond donors (Lipinski definition) is 0. The topological polar surface area (TPSA) is 85.3 Å². The number of aromatic nitrogens is 3. The number of halogens is 1. The molecular weight excluding hydrogens is 351 g/mol. The Bertz CT molecular complexity index is 952. The Morgan fingerprint density at radius 1 is 1.30 bits per heavy atom. The van der Waals surface area contributed by atoms with Crippen LogP contribution in [-0.4, -0.2) is 39.2 Å². The van der Waals surface area contributed by atoms with E-state index in [-0.39, 0.29) is 23.5 Å². The van der Waals surface area contributed by atoms with Gasteiger partial charge in [0.2, 0.25) is 11.7 Å². The number of nitrogens with zero attached hydrogens (tertiary/aromatic N) is 4. The van der Waals surface area contributed by atoms with Crippen LogP contribution in [0, 0.1) is 18.7 Å². The van der Waals surface area contributed by atoms with E-state index in [9.17, 15) is 9.18 Å². The van der Waals surface area contributed by atoms with Gasteiger partial charge in [0.15, 0.2) is 5.69 Å². The molecular formula is C19H19FN4O3. The average Bonchev–Trinajstić information content (AvgIpc) is 3.31. The zero-order chi connectivity index (χ0) is 18.8. The van der Waals surface area contributed by atoms with Crippen molar-refractivity contribution >= 4 is 5.91 Å². The normalized spacial score (nSPS) is 17.3. The molecule has 0 bridgehead atoms. The third kappa shape index (κ3) is 3.74. The molecule has 4 rings (SSSR count). The highest BCUT2D eigenvalue weighted by molar-refractivity contribution is 5.92. The van der Waals surface area contributed by atoms with Crippen molar-refractivity contribution in [2.45, 2.75) is 26.2 Å². The van der Waals surface area contributed by atoms with E-state index in [2.05, 4.69) is 15.3 Å². The predicted molar refractivity (Wildman–Crippen MR) is 93.3 cm³/mol. The molecule has 1 aliphatic rings. The molecule has 0 spiro atoms. The monoisotopic (exact) mass is 370 g/mol. The second-order valence-corrected chi connectivity index (χ2v) is 6.78. The molecule has 1 atom stereocenters. The van der Waals surface area contributed by atoms with Crippen LogP contribution >= 0.6 is 0 Å². The Morgan fingerprint density at radius 2 is 2.15 bits per heavy atom. The molecule has 0 radical (unpaired) electrons. The molecule has 1 unspecified atom stereocenters. The lowest BCUT2D eigenvalue weighted by atomic mass is 9.94. The molecule has 0 saturated carbocycles. The van der Waals surface area contributed by atoms with E-state index in [1.807, 2.05) is 0 Å². The van der Waals surface area contributed by atoms with Crippen molar-refractivity contribution in [2.75, 3.05) is 13.1 Å². The van der Waals surface area contributed by atoms with Gasteiger partial charge in [-0.25, -0.2) is 4.39 Å². The standard InChI is InChI=1S/C19H19FN4O3/c1-12-9-16(22-26-12)19(25)24-8-4-5-13(11-24)10-17-21-18(23-27-17)14-6-2-3-7-15(14)20/h2-3,6-7,9,13H,4-5,8,10-11H2,1H3. The van der Waals surface area contributed by atoms with Gasteiger partial charge in [-0.15, -0.1) is 0 Å². The van der Waals surface area contributed by atoms with Crippen LogP contribution in [-0.2, 0) is 6.42 Å². The number of benzene rings is 1. The van der Waals surface area contributed by atoms with Gasteiger partial charge in [-0.05, 0) is 37.8 Å². The van der Waals surface area contributed by atoms with Crippen molar-refractivity contribution in [3.63, 3.8) is 0 Å². The quantitative estimate of drug-likeness (QED) is 0.701. The Hall–Kier alpha value is -3.03. The molecule has 27 heavy (non-hydrogen) atoms. The Balaban J connectivity index is 1.43. The fourth-order valence-corrected chi connectivity index (χ4v) is 3.38. The number of carbonyl (C=O) groups is 1. The van der Waals surface area contributed by atoms with Gasteiger partial charge in [0.05, 0.1) is 5.56 Å². The lowest BCUT2D eigenvalue weighted by Crippen LogP contribution is -2.40. The maximum absolute atomic E-state index is 13.9. The predicted octanol–water partition coefficient (Wildman–Crippen LogP) is 3.27. The highest BCUT2D eigenvalue weighted by Crippen LogP contribution is 2.24. The van der Waals surface area contributed by atoms with Crippen LogP contribution in [0.25, 0.3) is 11.4 Å². The van der Waals surface area contributed by atoms with Crippen LogP contribution in [0.1, 0.15) is 35.0 Å². The number of rotatable bonds is 4. The Labute approximate surface area is 155 Å². The minimum Gasteiger partial charge on any atom is -0.361 e. The van der Waals surface area contributed by atoms with Crippen LogP contribution in [0.3, 0.4) is 0 Å². The summed E-state index contributed by atoms with van der Waals surface area (Å²) in [4.78, 5) is 18.6. The highest BCUT2D eigenvalue weighted by atomic mass is 19.1. The van der Waals surface area contributed by atoms with Crippen molar-refractivity contribution in [3.8, 4) is 11.4 Å². The van der Waals surface area contributed by atoms with E-state index in [4.69, 9.17) is 9.05 Å². The number of piperidine rings is 1. The lowest BCUT2D eigenvalue weighted by Gasteiger charge is -2.31. The Morgan fingerprint density at radius 3 is 2.93 bits per heavy atom. The second kappa shape index (κ2) is 7.30. The summed E-state index contributed by atoms with van der Waals surface area (Å²) in [5.74, 6) is 0.981. The summed E-state index contributed by atoms with van der Waals surface area (Å²) < 4.78 is 24.2. The first-order valence-corrected chi connectivity index (χ1v) is 8.90. The van der Waals surface area contributed by atoms with Gasteiger partial charge in [-0.3, -0.25) is 4.79 Å². The number of amides is 1. The van der Waals surface area contributed by atoms with Crippen LogP contribution in [0.5, 0.6) is 0 Å². The molecule has 1 saturated heterocycles. The fraction of sp³-hybridized carbons (Fsp3) is 0.368. The van der Waals surface area contributed by atoms with Crippen molar-refractivity contribution in [1.29, 1.82) is 0 Å². The lowest BCUT2D eigenvalue weighted by molar-refractivity contribution is 0.0657. The number of aryl methyl sites for hydroxylation is 1. The first kappa shape index (κ1) is 17.4. The van der Waals surface area contributed by atoms with Gasteiger partial charge >= 0.3 is 0 Å². The van der Waals surface area contributed by atoms with E-state index in [1.165, 1.54) is 6.07 Å². The molecule has 0 aliphatic carbocycles. The molecule has 2 aromatic heterocycles. The van der Waals surface area contributed by atoms with Crippen LogP contribution in [0.4, 0.5) is 4.39 Å². The first-order valence-electron chi connectivity index (χ1n) is 8.90. The average molecular weight is 370 g/mol. The summed E-state index contributed by atoms with van der Waals surface area (Å²) in [6.45, 7) is 3.03. The maximum atomic E-state index is 13.9. The molecule has 3 aromatic rings.